The Labute approximate surface area is 155 Å². The van der Waals surface area contributed by atoms with Crippen LogP contribution in [0.2, 0.25) is 5.02 Å². The van der Waals surface area contributed by atoms with Gasteiger partial charge in [-0.1, -0.05) is 35.9 Å². The van der Waals surface area contributed by atoms with E-state index in [1.54, 1.807) is 12.1 Å². The van der Waals surface area contributed by atoms with E-state index in [1.165, 1.54) is 0 Å². The van der Waals surface area contributed by atoms with E-state index in [2.05, 4.69) is 10.6 Å². The van der Waals surface area contributed by atoms with Crippen molar-refractivity contribution in [2.75, 3.05) is 10.6 Å². The van der Waals surface area contributed by atoms with Gasteiger partial charge in [0.15, 0.2) is 12.5 Å². The molecular weight excluding hydrogens is 352 g/mol. The molecular formula is C20H15ClN2O3. The van der Waals surface area contributed by atoms with Crippen molar-refractivity contribution in [2.24, 2.45) is 0 Å². The van der Waals surface area contributed by atoms with Crippen LogP contribution in [0.15, 0.2) is 60.7 Å². The van der Waals surface area contributed by atoms with Gasteiger partial charge in [0.25, 0.3) is 0 Å². The summed E-state index contributed by atoms with van der Waals surface area (Å²) in [6.45, 7) is 0. The van der Waals surface area contributed by atoms with Crippen molar-refractivity contribution in [3.63, 3.8) is 0 Å². The molecule has 2 unspecified atom stereocenters. The molecule has 2 heterocycles. The van der Waals surface area contributed by atoms with Gasteiger partial charge in [-0.2, -0.15) is 0 Å². The fraction of sp³-hybridized carbons (Fsp3) is 0.100. The maximum Gasteiger partial charge on any atom is 0.200 e. The molecule has 2 aliphatic rings. The van der Waals surface area contributed by atoms with Crippen molar-refractivity contribution >= 4 is 23.0 Å². The van der Waals surface area contributed by atoms with Crippen LogP contribution in [0.5, 0.6) is 17.2 Å². The molecule has 26 heavy (non-hydrogen) atoms. The molecule has 3 aromatic rings. The average Bonchev–Trinajstić information content (AvgIpc) is 3.26. The van der Waals surface area contributed by atoms with Crippen molar-refractivity contribution in [2.45, 2.75) is 12.5 Å². The normalized spacial score (nSPS) is 19.6. The summed E-state index contributed by atoms with van der Waals surface area (Å²) in [5.74, 6) is 1.56. The van der Waals surface area contributed by atoms with Gasteiger partial charge >= 0.3 is 0 Å². The van der Waals surface area contributed by atoms with Gasteiger partial charge in [0, 0.05) is 5.02 Å². The maximum absolute atomic E-state index is 10.9. The number of phenols is 1. The van der Waals surface area contributed by atoms with Crippen molar-refractivity contribution in [1.82, 2.24) is 0 Å². The van der Waals surface area contributed by atoms with E-state index < -0.39 is 12.5 Å². The Hall–Kier alpha value is -3.05. The monoisotopic (exact) mass is 366 g/mol. The first-order valence-electron chi connectivity index (χ1n) is 8.26. The van der Waals surface area contributed by atoms with E-state index in [4.69, 9.17) is 21.1 Å². The molecule has 0 amide bonds. The van der Waals surface area contributed by atoms with Crippen LogP contribution in [0.4, 0.5) is 11.4 Å². The zero-order chi connectivity index (χ0) is 17.7. The largest absolute Gasteiger partial charge is 0.507 e. The highest BCUT2D eigenvalue weighted by molar-refractivity contribution is 6.30. The van der Waals surface area contributed by atoms with Crippen LogP contribution in [0, 0.1) is 0 Å². The Morgan fingerprint density at radius 3 is 1.69 bits per heavy atom. The lowest BCUT2D eigenvalue weighted by Gasteiger charge is -2.19. The molecule has 3 aromatic carbocycles. The summed E-state index contributed by atoms with van der Waals surface area (Å²) >= 11 is 6.32. The average molecular weight is 367 g/mol. The molecule has 0 fully saturated rings. The van der Waals surface area contributed by atoms with E-state index in [-0.39, 0.29) is 5.75 Å². The summed E-state index contributed by atoms with van der Waals surface area (Å²) in [6, 6.07) is 18.7. The summed E-state index contributed by atoms with van der Waals surface area (Å²) in [6.07, 6.45) is -1.04. The number of aromatic hydroxyl groups is 1. The Morgan fingerprint density at radius 1 is 0.769 bits per heavy atom. The molecule has 6 heteroatoms. The summed E-state index contributed by atoms with van der Waals surface area (Å²) in [4.78, 5) is 0. The van der Waals surface area contributed by atoms with Crippen molar-refractivity contribution in [3.05, 3.63) is 76.8 Å². The minimum atomic E-state index is -0.520. The number of fused-ring (bicyclic) bond motifs is 2. The fourth-order valence-electron chi connectivity index (χ4n) is 3.30. The number of anilines is 2. The van der Waals surface area contributed by atoms with Gasteiger partial charge in [0.05, 0.1) is 22.5 Å². The van der Waals surface area contributed by atoms with Crippen LogP contribution < -0.4 is 20.1 Å². The lowest BCUT2D eigenvalue weighted by molar-refractivity contribution is 0.241. The highest BCUT2D eigenvalue weighted by Gasteiger charge is 2.31. The predicted octanol–water partition coefficient (Wildman–Crippen LogP) is 5.05. The molecule has 0 bridgehead atoms. The first kappa shape index (κ1) is 15.2. The van der Waals surface area contributed by atoms with E-state index in [1.807, 2.05) is 48.5 Å². The standard InChI is InChI=1S/C20H15ClN2O3/c21-11-9-12(19-22-14-5-1-3-7-16(14)25-19)18(24)13(10-11)20-23-15-6-2-4-8-17(15)26-20/h1-10,19-20,22-24H. The molecule has 0 saturated carbocycles. The van der Waals surface area contributed by atoms with Gasteiger partial charge in [-0.15, -0.1) is 0 Å². The van der Waals surface area contributed by atoms with Gasteiger partial charge in [-0.05, 0) is 36.4 Å². The lowest BCUT2D eigenvalue weighted by Crippen LogP contribution is -2.15. The number of benzene rings is 3. The Morgan fingerprint density at radius 2 is 1.23 bits per heavy atom. The first-order valence-corrected chi connectivity index (χ1v) is 8.63. The third-order valence-electron chi connectivity index (χ3n) is 4.54. The molecule has 2 aliphatic heterocycles. The van der Waals surface area contributed by atoms with E-state index in [0.29, 0.717) is 16.1 Å². The van der Waals surface area contributed by atoms with Crippen molar-refractivity contribution in [1.29, 1.82) is 0 Å². The van der Waals surface area contributed by atoms with Crippen LogP contribution in [0.25, 0.3) is 0 Å². The van der Waals surface area contributed by atoms with Gasteiger partial charge in [0.1, 0.15) is 17.2 Å². The summed E-state index contributed by atoms with van der Waals surface area (Å²) in [5, 5.41) is 17.9. The summed E-state index contributed by atoms with van der Waals surface area (Å²) in [7, 11) is 0. The molecule has 5 nitrogen and oxygen atoms in total. The number of para-hydroxylation sites is 4. The van der Waals surface area contributed by atoms with Gasteiger partial charge in [0.2, 0.25) is 0 Å². The van der Waals surface area contributed by atoms with E-state index in [0.717, 1.165) is 22.9 Å². The third kappa shape index (κ3) is 2.40. The molecule has 0 spiro atoms. The number of hydrogen-bond acceptors (Lipinski definition) is 5. The van der Waals surface area contributed by atoms with Crippen LogP contribution in [-0.4, -0.2) is 5.11 Å². The highest BCUT2D eigenvalue weighted by Crippen LogP contribution is 2.45. The molecule has 0 aliphatic carbocycles. The highest BCUT2D eigenvalue weighted by atomic mass is 35.5. The minimum absolute atomic E-state index is 0.0880. The van der Waals surface area contributed by atoms with Crippen molar-refractivity contribution < 1.29 is 14.6 Å². The maximum atomic E-state index is 10.9. The van der Waals surface area contributed by atoms with Crippen LogP contribution in [-0.2, 0) is 0 Å². The first-order chi connectivity index (χ1) is 12.7. The summed E-state index contributed by atoms with van der Waals surface area (Å²) < 4.78 is 11.8. The number of nitrogens with one attached hydrogen (secondary N) is 2. The van der Waals surface area contributed by atoms with Gasteiger partial charge < -0.3 is 25.2 Å². The van der Waals surface area contributed by atoms with Gasteiger partial charge in [-0.25, -0.2) is 0 Å². The molecule has 0 radical (unpaired) electrons. The molecule has 3 N–H and O–H groups in total. The number of ether oxygens (including phenoxy) is 2. The second kappa shape index (κ2) is 5.75. The number of rotatable bonds is 2. The molecule has 5 rings (SSSR count). The fourth-order valence-corrected chi connectivity index (χ4v) is 3.53. The number of halogens is 1. The van der Waals surface area contributed by atoms with Crippen LogP contribution >= 0.6 is 11.6 Å². The molecule has 0 aromatic heterocycles. The minimum Gasteiger partial charge on any atom is -0.507 e. The zero-order valence-electron chi connectivity index (χ0n) is 13.6. The molecule has 0 saturated heterocycles. The zero-order valence-corrected chi connectivity index (χ0v) is 14.3. The van der Waals surface area contributed by atoms with E-state index in [9.17, 15) is 5.11 Å². The number of hydrogen-bond donors (Lipinski definition) is 3. The lowest BCUT2D eigenvalue weighted by atomic mass is 10.1. The Balaban J connectivity index is 1.50. The molecule has 130 valence electrons. The second-order valence-corrected chi connectivity index (χ2v) is 6.65. The second-order valence-electron chi connectivity index (χ2n) is 6.21. The topological polar surface area (TPSA) is 62.8 Å². The smallest absolute Gasteiger partial charge is 0.200 e. The van der Waals surface area contributed by atoms with E-state index >= 15 is 0 Å². The van der Waals surface area contributed by atoms with Crippen LogP contribution in [0.3, 0.4) is 0 Å². The van der Waals surface area contributed by atoms with Crippen molar-refractivity contribution in [3.8, 4) is 17.2 Å². The quantitative estimate of drug-likeness (QED) is 0.592. The Kier molecular flexibility index (Phi) is 3.36. The van der Waals surface area contributed by atoms with Crippen LogP contribution in [0.1, 0.15) is 23.6 Å². The molecule has 2 atom stereocenters. The SMILES string of the molecule is Oc1c(C2Nc3ccccc3O2)cc(Cl)cc1C1Nc2ccccc2O1. The Bertz CT molecular complexity index is 881. The predicted molar refractivity (Wildman–Crippen MR) is 100.0 cm³/mol. The number of phenolic OH excluding ortho intramolecular Hbond substituents is 1. The van der Waals surface area contributed by atoms with Gasteiger partial charge in [-0.3, -0.25) is 0 Å². The third-order valence-corrected chi connectivity index (χ3v) is 4.75. The summed E-state index contributed by atoms with van der Waals surface area (Å²) in [5.41, 5.74) is 2.87.